The van der Waals surface area contributed by atoms with E-state index < -0.39 is 37.8 Å². The van der Waals surface area contributed by atoms with E-state index in [1.165, 1.54) is 35.6 Å². The number of sulfone groups is 1. The lowest BCUT2D eigenvalue weighted by Crippen LogP contribution is -2.52. The van der Waals surface area contributed by atoms with Crippen molar-refractivity contribution >= 4 is 27.1 Å². The van der Waals surface area contributed by atoms with Crippen molar-refractivity contribution in [2.45, 2.75) is 108 Å². The van der Waals surface area contributed by atoms with Crippen molar-refractivity contribution in [3.63, 3.8) is 0 Å². The second-order valence-corrected chi connectivity index (χ2v) is 18.1. The third-order valence-corrected chi connectivity index (χ3v) is 13.3. The number of anilines is 1. The van der Waals surface area contributed by atoms with Crippen LogP contribution >= 0.6 is 0 Å². The molecule has 20 heteroatoms. The summed E-state index contributed by atoms with van der Waals surface area (Å²) in [4.78, 5) is 16.6. The van der Waals surface area contributed by atoms with Gasteiger partial charge < -0.3 is 44.4 Å². The lowest BCUT2D eigenvalue weighted by Gasteiger charge is -2.39. The fraction of sp³-hybridized carbons (Fsp3) is 0.488. The topological polar surface area (TPSA) is 242 Å². The number of rotatable bonds is 13. The zero-order valence-corrected chi connectivity index (χ0v) is 37.6. The van der Waals surface area contributed by atoms with Gasteiger partial charge in [0, 0.05) is 18.1 Å². The molecule has 4 aromatic heterocycles. The van der Waals surface area contributed by atoms with Crippen LogP contribution in [0.1, 0.15) is 76.9 Å². The Labute approximate surface area is 365 Å². The molecule has 0 bridgehead atoms. The predicted molar refractivity (Wildman–Crippen MR) is 228 cm³/mol. The van der Waals surface area contributed by atoms with Gasteiger partial charge in [0.05, 0.1) is 52.0 Å². The first-order valence-corrected chi connectivity index (χ1v) is 22.5. The van der Waals surface area contributed by atoms with Gasteiger partial charge in [-0.3, -0.25) is 0 Å². The number of benzene rings is 2. The Bertz CT molecular complexity index is 2670. The highest BCUT2D eigenvalue weighted by atomic mass is 32.2. The second kappa shape index (κ2) is 17.3. The summed E-state index contributed by atoms with van der Waals surface area (Å²) in [5, 5.41) is 31.9. The Kier molecular flexibility index (Phi) is 12.6. The number of nitrogens with two attached hydrogens (primary N) is 1. The Hall–Kier alpha value is -5.35. The summed E-state index contributed by atoms with van der Waals surface area (Å²) < 4.78 is 62.6. The maximum Gasteiger partial charge on any atom is 0.268 e. The summed E-state index contributed by atoms with van der Waals surface area (Å²) in [6.45, 7) is 12.2. The van der Waals surface area contributed by atoms with Crippen LogP contribution in [0, 0.1) is 11.8 Å². The van der Waals surface area contributed by atoms with Crippen molar-refractivity contribution < 1.29 is 47.1 Å². The van der Waals surface area contributed by atoms with Crippen molar-refractivity contribution in [2.24, 2.45) is 11.8 Å². The maximum atomic E-state index is 12.2. The SMILES string of the molecule is CC[C@H]1O[C@@](O)(c2cnc3c(OC)nc(N)nn23)[C@](C)(OCc2ccccc2)[C@@H]1C.CC[C@H]1O[C@@](O)(c2cnc3c(OC)nc(S(C)(=O)=O)nn23)[C@](C)(OCc2ccccc2)[C@@H]1C. The normalized spacial score (nSPS) is 28.3. The standard InChI is InChI=1S/C22H28N4O6S.C21H27N5O4/c1-6-16-14(2)21(3,31-13-15-10-8-7-9-11-15)22(27,32-16)17-12-23-18-19(30-4)24-20(25-26(17)18)33(5,28)29;1-5-15-13(2)20(3,29-12-14-9-7-6-8-10-14)21(27,30-15)16-11-23-17-18(28-4)24-19(22)25-26(16)17/h7-12,14,16,27H,6,13H2,1-5H3;6-11,13,15,27H,5,12H2,1-4H3,(H2,22,25)/t14-,16-,21-,22+;13-,15-,20-,21+/m11/s1. The van der Waals surface area contributed by atoms with Gasteiger partial charge in [0.15, 0.2) is 0 Å². The van der Waals surface area contributed by atoms with E-state index >= 15 is 0 Å². The predicted octanol–water partition coefficient (Wildman–Crippen LogP) is 4.38. The summed E-state index contributed by atoms with van der Waals surface area (Å²) >= 11 is 0. The zero-order chi connectivity index (χ0) is 45.5. The average Bonchev–Trinajstić information content (AvgIpc) is 4.01. The molecule has 2 aliphatic rings. The van der Waals surface area contributed by atoms with Gasteiger partial charge >= 0.3 is 0 Å². The number of nitrogen functional groups attached to an aromatic ring is 1. The fourth-order valence-corrected chi connectivity index (χ4v) is 8.86. The van der Waals surface area contributed by atoms with Gasteiger partial charge in [-0.05, 0) is 37.8 Å². The van der Waals surface area contributed by atoms with E-state index in [0.29, 0.717) is 30.8 Å². The number of ether oxygens (including phenoxy) is 6. The van der Waals surface area contributed by atoms with Gasteiger partial charge in [-0.2, -0.15) is 9.97 Å². The first-order valence-electron chi connectivity index (χ1n) is 20.6. The summed E-state index contributed by atoms with van der Waals surface area (Å²) in [5.41, 5.74) is 6.42. The molecule has 2 aromatic carbocycles. The second-order valence-electron chi connectivity index (χ2n) is 16.2. The number of imidazole rings is 2. The molecule has 338 valence electrons. The van der Waals surface area contributed by atoms with E-state index in [-0.39, 0.29) is 59.7 Å². The lowest BCUT2D eigenvalue weighted by molar-refractivity contribution is -0.288. The van der Waals surface area contributed by atoms with Crippen LogP contribution in [-0.4, -0.2) is 102 Å². The molecule has 19 nitrogen and oxygen atoms in total. The number of hydrogen-bond acceptors (Lipinski definition) is 17. The minimum absolute atomic E-state index is 0.00723. The van der Waals surface area contributed by atoms with Crippen LogP contribution in [0.3, 0.4) is 0 Å². The number of aliphatic hydroxyl groups is 2. The van der Waals surface area contributed by atoms with Gasteiger partial charge in [0.25, 0.3) is 16.9 Å². The van der Waals surface area contributed by atoms with Crippen molar-refractivity contribution in [1.82, 2.24) is 39.2 Å². The first kappa shape index (κ1) is 45.7. The third kappa shape index (κ3) is 7.87. The number of methoxy groups -OCH3 is 2. The average molecular weight is 890 g/mol. The van der Waals surface area contributed by atoms with Crippen LogP contribution in [0.15, 0.2) is 78.2 Å². The Balaban J connectivity index is 0.000000190. The molecule has 2 aliphatic heterocycles. The summed E-state index contributed by atoms with van der Waals surface area (Å²) in [7, 11) is -0.946. The molecule has 8 atom stereocenters. The van der Waals surface area contributed by atoms with Crippen LogP contribution in [0.5, 0.6) is 11.8 Å². The van der Waals surface area contributed by atoms with Crippen LogP contribution in [-0.2, 0) is 53.6 Å². The molecule has 0 amide bonds. The number of aromatic nitrogens is 8. The number of fused-ring (bicyclic) bond motifs is 2. The Morgan fingerprint density at radius 3 is 1.52 bits per heavy atom. The van der Waals surface area contributed by atoms with Crippen LogP contribution in [0.25, 0.3) is 11.3 Å². The van der Waals surface area contributed by atoms with Crippen LogP contribution in [0.4, 0.5) is 5.95 Å². The van der Waals surface area contributed by atoms with E-state index in [9.17, 15) is 18.6 Å². The van der Waals surface area contributed by atoms with Gasteiger partial charge in [-0.15, -0.1) is 10.2 Å². The number of hydrogen-bond donors (Lipinski definition) is 3. The molecule has 63 heavy (non-hydrogen) atoms. The highest BCUT2D eigenvalue weighted by Gasteiger charge is 2.65. The van der Waals surface area contributed by atoms with Crippen LogP contribution < -0.4 is 15.2 Å². The maximum absolute atomic E-state index is 12.2. The quantitative estimate of drug-likeness (QED) is 0.146. The minimum Gasteiger partial charge on any atom is -0.478 e. The van der Waals surface area contributed by atoms with Gasteiger partial charge in [0.2, 0.25) is 38.7 Å². The Morgan fingerprint density at radius 1 is 0.714 bits per heavy atom. The minimum atomic E-state index is -3.77. The number of nitrogens with zero attached hydrogens (tertiary/aromatic N) is 8. The third-order valence-electron chi connectivity index (χ3n) is 12.5. The fourth-order valence-electron chi connectivity index (χ4n) is 8.38. The molecule has 6 aromatic rings. The molecule has 0 spiro atoms. The summed E-state index contributed by atoms with van der Waals surface area (Å²) in [6, 6.07) is 19.4. The molecule has 2 fully saturated rings. The van der Waals surface area contributed by atoms with Gasteiger partial charge in [0.1, 0.15) is 22.6 Å². The first-order chi connectivity index (χ1) is 29.9. The highest BCUT2D eigenvalue weighted by Crippen LogP contribution is 2.53. The Morgan fingerprint density at radius 2 is 1.13 bits per heavy atom. The molecule has 0 unspecified atom stereocenters. The van der Waals surface area contributed by atoms with Crippen LogP contribution in [0.2, 0.25) is 0 Å². The van der Waals surface area contributed by atoms with E-state index in [1.807, 2.05) is 95.3 Å². The van der Waals surface area contributed by atoms with Crippen molar-refractivity contribution in [3.05, 3.63) is 95.6 Å². The largest absolute Gasteiger partial charge is 0.478 e. The lowest BCUT2D eigenvalue weighted by atomic mass is 9.81. The van der Waals surface area contributed by atoms with E-state index in [1.54, 1.807) is 6.92 Å². The van der Waals surface area contributed by atoms with Crippen molar-refractivity contribution in [1.29, 1.82) is 0 Å². The molecular weight excluding hydrogens is 835 g/mol. The van der Waals surface area contributed by atoms with Crippen molar-refractivity contribution in [2.75, 3.05) is 26.2 Å². The van der Waals surface area contributed by atoms with E-state index in [0.717, 1.165) is 17.4 Å². The molecule has 0 saturated carbocycles. The molecule has 8 rings (SSSR count). The highest BCUT2D eigenvalue weighted by molar-refractivity contribution is 7.90. The van der Waals surface area contributed by atoms with Crippen molar-refractivity contribution in [3.8, 4) is 11.8 Å². The summed E-state index contributed by atoms with van der Waals surface area (Å²) in [6.07, 6.45) is 4.69. The molecular formula is C43H55N9O10S. The van der Waals surface area contributed by atoms with E-state index in [4.69, 9.17) is 34.2 Å². The molecule has 4 N–H and O–H groups in total. The molecule has 0 aliphatic carbocycles. The smallest absolute Gasteiger partial charge is 0.268 e. The van der Waals surface area contributed by atoms with E-state index in [2.05, 4.69) is 30.1 Å². The molecule has 6 heterocycles. The molecule has 0 radical (unpaired) electrons. The monoisotopic (exact) mass is 889 g/mol. The summed E-state index contributed by atoms with van der Waals surface area (Å²) in [5.74, 6) is -3.94. The van der Waals surface area contributed by atoms with Gasteiger partial charge in [-0.25, -0.2) is 27.4 Å². The zero-order valence-electron chi connectivity index (χ0n) is 36.8. The molecule has 2 saturated heterocycles. The van der Waals surface area contributed by atoms with Gasteiger partial charge in [-0.1, -0.05) is 88.4 Å².